The first-order valence-electron chi connectivity index (χ1n) is 6.36. The Morgan fingerprint density at radius 1 is 1.21 bits per heavy atom. The third-order valence-corrected chi connectivity index (χ3v) is 3.98. The number of hydrogen-bond donors (Lipinski definition) is 3. The standard InChI is InChI=1S/C14H16N2O2.ClH/c17-13-4-2-1-3-11(13)9-12-14(15-18)10-5-7-16(12)8-6-10;/h1-4,9-10,17-18H,5-8H2;1H/b12-9-,15-14+;. The van der Waals surface area contributed by atoms with Gasteiger partial charge in [-0.05, 0) is 6.07 Å². The number of nitrogens with zero attached hydrogens (tertiary/aromatic N) is 1. The molecule has 3 saturated heterocycles. The molecule has 3 aliphatic rings. The van der Waals surface area contributed by atoms with Crippen LogP contribution in [0.5, 0.6) is 5.75 Å². The van der Waals surface area contributed by atoms with E-state index in [-0.39, 0.29) is 18.2 Å². The highest BCUT2D eigenvalue weighted by Gasteiger charge is 2.39. The van der Waals surface area contributed by atoms with Crippen molar-refractivity contribution < 1.29 is 27.6 Å². The van der Waals surface area contributed by atoms with Gasteiger partial charge < -0.3 is 27.6 Å². The largest absolute Gasteiger partial charge is 1.00 e. The molecule has 4 nitrogen and oxygen atoms in total. The van der Waals surface area contributed by atoms with E-state index in [9.17, 15) is 10.3 Å². The highest BCUT2D eigenvalue weighted by atomic mass is 35.5. The van der Waals surface area contributed by atoms with Crippen LogP contribution in [-0.2, 0) is 0 Å². The molecule has 0 radical (unpaired) electrons. The van der Waals surface area contributed by atoms with E-state index in [1.165, 1.54) is 4.90 Å². The molecule has 19 heavy (non-hydrogen) atoms. The Hall–Kier alpha value is -1.52. The summed E-state index contributed by atoms with van der Waals surface area (Å²) in [5.41, 5.74) is 2.61. The summed E-state index contributed by atoms with van der Waals surface area (Å²) in [7, 11) is 0. The van der Waals surface area contributed by atoms with Crippen molar-refractivity contribution in [2.75, 3.05) is 13.1 Å². The number of fused-ring (bicyclic) bond motifs is 3. The smallest absolute Gasteiger partial charge is 0.157 e. The van der Waals surface area contributed by atoms with Gasteiger partial charge in [0.25, 0.3) is 0 Å². The minimum Gasteiger partial charge on any atom is -1.00 e. The Bertz CT molecular complexity index is 520. The summed E-state index contributed by atoms with van der Waals surface area (Å²) in [6.45, 7) is 2.17. The van der Waals surface area contributed by atoms with Gasteiger partial charge >= 0.3 is 0 Å². The second-order valence-corrected chi connectivity index (χ2v) is 4.98. The van der Waals surface area contributed by atoms with Gasteiger partial charge in [0, 0.05) is 30.4 Å². The molecular formula is C14H17ClN2O2. The Morgan fingerprint density at radius 2 is 1.89 bits per heavy atom. The minimum absolute atomic E-state index is 0. The van der Waals surface area contributed by atoms with E-state index < -0.39 is 0 Å². The summed E-state index contributed by atoms with van der Waals surface area (Å²) in [4.78, 5) is 1.36. The zero-order valence-corrected chi connectivity index (χ0v) is 11.3. The van der Waals surface area contributed by atoms with Crippen molar-refractivity contribution in [3.8, 4) is 5.75 Å². The van der Waals surface area contributed by atoms with Gasteiger partial charge in [0.1, 0.15) is 11.5 Å². The Balaban J connectivity index is 0.00000133. The number of oxime groups is 1. The van der Waals surface area contributed by atoms with Gasteiger partial charge in [0.15, 0.2) is 5.70 Å². The summed E-state index contributed by atoms with van der Waals surface area (Å²) < 4.78 is 0. The van der Waals surface area contributed by atoms with Crippen molar-refractivity contribution in [2.45, 2.75) is 12.8 Å². The van der Waals surface area contributed by atoms with Crippen molar-refractivity contribution in [1.29, 1.82) is 0 Å². The van der Waals surface area contributed by atoms with E-state index in [0.717, 1.165) is 42.9 Å². The molecule has 1 aromatic rings. The summed E-state index contributed by atoms with van der Waals surface area (Å²) >= 11 is 0. The lowest BCUT2D eigenvalue weighted by molar-refractivity contribution is -0.865. The molecule has 5 heteroatoms. The number of hydrogen-bond acceptors (Lipinski definition) is 3. The molecule has 4 rings (SSSR count). The van der Waals surface area contributed by atoms with Gasteiger partial charge in [-0.25, -0.2) is 0 Å². The van der Waals surface area contributed by atoms with Gasteiger partial charge in [-0.2, -0.15) is 0 Å². The van der Waals surface area contributed by atoms with Crippen LogP contribution in [0, 0.1) is 5.92 Å². The van der Waals surface area contributed by atoms with Crippen molar-refractivity contribution in [1.82, 2.24) is 0 Å². The molecule has 0 atom stereocenters. The fourth-order valence-corrected chi connectivity index (χ4v) is 2.99. The van der Waals surface area contributed by atoms with E-state index in [2.05, 4.69) is 5.16 Å². The van der Waals surface area contributed by atoms with Crippen LogP contribution in [0.2, 0.25) is 0 Å². The number of phenolic OH excluding ortho intramolecular Hbond substituents is 1. The van der Waals surface area contributed by atoms with Crippen LogP contribution in [0.15, 0.2) is 35.1 Å². The summed E-state index contributed by atoms with van der Waals surface area (Å²) in [5, 5.41) is 22.5. The number of para-hydroxylation sites is 1. The average Bonchev–Trinajstić information content (AvgIpc) is 2.42. The minimum atomic E-state index is 0. The molecule has 3 heterocycles. The van der Waals surface area contributed by atoms with Gasteiger partial charge in [-0.3, -0.25) is 0 Å². The quantitative estimate of drug-likeness (QED) is 0.407. The maximum atomic E-state index is 9.81. The lowest BCUT2D eigenvalue weighted by atomic mass is 9.83. The van der Waals surface area contributed by atoms with Crippen molar-refractivity contribution >= 4 is 11.8 Å². The van der Waals surface area contributed by atoms with E-state index in [1.807, 2.05) is 18.2 Å². The van der Waals surface area contributed by atoms with Crippen LogP contribution in [0.4, 0.5) is 0 Å². The van der Waals surface area contributed by atoms with E-state index in [0.29, 0.717) is 5.92 Å². The van der Waals surface area contributed by atoms with Gasteiger partial charge in [0.05, 0.1) is 13.1 Å². The first kappa shape index (κ1) is 13.9. The van der Waals surface area contributed by atoms with E-state index in [1.54, 1.807) is 12.1 Å². The number of rotatable bonds is 1. The molecule has 1 aromatic carbocycles. The second-order valence-electron chi connectivity index (χ2n) is 4.98. The molecule has 0 unspecified atom stereocenters. The van der Waals surface area contributed by atoms with Crippen molar-refractivity contribution in [3.63, 3.8) is 0 Å². The normalized spacial score (nSPS) is 29.5. The summed E-state index contributed by atoms with van der Waals surface area (Å²) in [5.74, 6) is 0.647. The Labute approximate surface area is 118 Å². The van der Waals surface area contributed by atoms with Crippen LogP contribution < -0.4 is 17.3 Å². The molecule has 0 aliphatic carbocycles. The lowest BCUT2D eigenvalue weighted by Gasteiger charge is -2.37. The molecule has 102 valence electrons. The van der Waals surface area contributed by atoms with E-state index >= 15 is 0 Å². The third kappa shape index (κ3) is 2.46. The molecular weight excluding hydrogens is 264 g/mol. The average molecular weight is 281 g/mol. The second kappa shape index (κ2) is 5.63. The highest BCUT2D eigenvalue weighted by Crippen LogP contribution is 2.24. The van der Waals surface area contributed by atoms with Crippen LogP contribution in [0.1, 0.15) is 18.4 Å². The summed E-state index contributed by atoms with van der Waals surface area (Å²) in [6, 6.07) is 7.25. The van der Waals surface area contributed by atoms with Crippen LogP contribution in [-0.4, -0.2) is 29.1 Å². The molecule has 0 spiro atoms. The fourth-order valence-electron chi connectivity index (χ4n) is 2.99. The molecule has 2 bridgehead atoms. The fraction of sp³-hybridized carbons (Fsp3) is 0.357. The van der Waals surface area contributed by atoms with E-state index in [4.69, 9.17) is 0 Å². The highest BCUT2D eigenvalue weighted by molar-refractivity contribution is 6.03. The molecule has 0 saturated carbocycles. The number of benzene rings is 1. The Kier molecular flexibility index (Phi) is 4.12. The number of halogens is 1. The molecule has 0 aromatic heterocycles. The SMILES string of the molecule is O/N=C1/C(=C/c2ccccc2O)[NH+]2CCC1CC2.[Cl-]. The predicted molar refractivity (Wildman–Crippen MR) is 68.7 cm³/mol. The maximum absolute atomic E-state index is 9.81. The lowest BCUT2D eigenvalue weighted by Crippen LogP contribution is -3.14. The van der Waals surface area contributed by atoms with Gasteiger partial charge in [0.2, 0.25) is 0 Å². The molecule has 3 fully saturated rings. The summed E-state index contributed by atoms with van der Waals surface area (Å²) in [6.07, 6.45) is 4.13. The van der Waals surface area contributed by atoms with Crippen LogP contribution in [0.3, 0.4) is 0 Å². The first-order valence-corrected chi connectivity index (χ1v) is 6.36. The number of nitrogens with one attached hydrogen (secondary N) is 1. The predicted octanol–water partition coefficient (Wildman–Crippen LogP) is -2.12. The van der Waals surface area contributed by atoms with Gasteiger partial charge in [-0.15, -0.1) is 0 Å². The Morgan fingerprint density at radius 3 is 2.53 bits per heavy atom. The maximum Gasteiger partial charge on any atom is 0.157 e. The van der Waals surface area contributed by atoms with Crippen LogP contribution in [0.25, 0.3) is 6.08 Å². The van der Waals surface area contributed by atoms with Gasteiger partial charge in [-0.1, -0.05) is 23.4 Å². The van der Waals surface area contributed by atoms with Crippen LogP contribution >= 0.6 is 0 Å². The third-order valence-electron chi connectivity index (χ3n) is 3.98. The zero-order valence-electron chi connectivity index (χ0n) is 10.5. The van der Waals surface area contributed by atoms with Crippen molar-refractivity contribution in [3.05, 3.63) is 35.5 Å². The molecule has 3 aliphatic heterocycles. The topological polar surface area (TPSA) is 57.3 Å². The number of piperidine rings is 3. The number of phenols is 1. The molecule has 0 amide bonds. The monoisotopic (exact) mass is 280 g/mol. The number of quaternary nitrogens is 1. The van der Waals surface area contributed by atoms with Crippen molar-refractivity contribution in [2.24, 2.45) is 11.1 Å². The molecule has 3 N–H and O–H groups in total. The first-order chi connectivity index (χ1) is 8.79. The number of aromatic hydroxyl groups is 1. The zero-order chi connectivity index (χ0) is 12.5. The number of allylic oxidation sites excluding steroid dienone is 1.